The van der Waals surface area contributed by atoms with Gasteiger partial charge in [-0.25, -0.2) is 9.97 Å². The second-order valence-corrected chi connectivity index (χ2v) is 4.53. The van der Waals surface area contributed by atoms with Crippen molar-refractivity contribution in [2.75, 3.05) is 38.3 Å². The van der Waals surface area contributed by atoms with Crippen molar-refractivity contribution in [3.63, 3.8) is 0 Å². The lowest BCUT2D eigenvalue weighted by Gasteiger charge is -2.21. The molecular weight excluding hydrogens is 230 g/mol. The van der Waals surface area contributed by atoms with E-state index in [-0.39, 0.29) is 0 Å². The Kier molecular flexibility index (Phi) is 5.80. The van der Waals surface area contributed by atoms with Crippen molar-refractivity contribution in [2.24, 2.45) is 0 Å². The molecule has 6 heteroatoms. The van der Waals surface area contributed by atoms with Crippen molar-refractivity contribution < 1.29 is 4.74 Å². The third kappa shape index (κ3) is 4.85. The van der Waals surface area contributed by atoms with Crippen LogP contribution < -0.4 is 11.1 Å². The van der Waals surface area contributed by atoms with Gasteiger partial charge in [0.15, 0.2) is 5.82 Å². The zero-order valence-corrected chi connectivity index (χ0v) is 11.6. The van der Waals surface area contributed by atoms with Crippen LogP contribution in [0.4, 0.5) is 11.6 Å². The molecule has 102 valence electrons. The average Bonchev–Trinajstić information content (AvgIpc) is 2.28. The highest BCUT2D eigenvalue weighted by atomic mass is 16.5. The number of nitrogens with one attached hydrogen (secondary N) is 1. The van der Waals surface area contributed by atoms with E-state index in [1.54, 1.807) is 13.2 Å². The standard InChI is InChI=1S/C12H23N5O/c1-9(2)17(3)6-5-14-11-7-10(13)15-12(16-11)8-18-4/h7,9H,5-6,8H2,1-4H3,(H3,13,14,15,16). The van der Waals surface area contributed by atoms with Gasteiger partial charge in [0.1, 0.15) is 18.2 Å². The predicted octanol–water partition coefficient (Wildman–Crippen LogP) is 0.957. The molecular formula is C12H23N5O. The van der Waals surface area contributed by atoms with Crippen molar-refractivity contribution in [3.8, 4) is 0 Å². The maximum Gasteiger partial charge on any atom is 0.158 e. The van der Waals surface area contributed by atoms with Crippen LogP contribution in [0.1, 0.15) is 19.7 Å². The first kappa shape index (κ1) is 14.7. The predicted molar refractivity (Wildman–Crippen MR) is 73.4 cm³/mol. The molecule has 1 aromatic rings. The van der Waals surface area contributed by atoms with Gasteiger partial charge in [0.25, 0.3) is 0 Å². The minimum absolute atomic E-state index is 0.367. The second kappa shape index (κ2) is 7.13. The van der Waals surface area contributed by atoms with Crippen LogP contribution in [-0.2, 0) is 11.3 Å². The summed E-state index contributed by atoms with van der Waals surface area (Å²) in [6.07, 6.45) is 0. The first-order valence-corrected chi connectivity index (χ1v) is 6.09. The van der Waals surface area contributed by atoms with Crippen LogP contribution in [0.5, 0.6) is 0 Å². The fourth-order valence-electron chi connectivity index (χ4n) is 1.42. The summed E-state index contributed by atoms with van der Waals surface area (Å²) in [5, 5.41) is 3.24. The molecule has 1 aromatic heterocycles. The highest BCUT2D eigenvalue weighted by molar-refractivity contribution is 5.44. The number of likely N-dealkylation sites (N-methyl/N-ethyl adjacent to an activating group) is 1. The Labute approximate surface area is 109 Å². The van der Waals surface area contributed by atoms with Gasteiger partial charge in [-0.1, -0.05) is 0 Å². The van der Waals surface area contributed by atoms with E-state index in [4.69, 9.17) is 10.5 Å². The molecule has 0 saturated carbocycles. The Morgan fingerprint density at radius 3 is 2.78 bits per heavy atom. The quantitative estimate of drug-likeness (QED) is 0.753. The molecule has 0 fully saturated rings. The zero-order chi connectivity index (χ0) is 13.5. The van der Waals surface area contributed by atoms with Gasteiger partial charge in [-0.15, -0.1) is 0 Å². The first-order chi connectivity index (χ1) is 8.52. The molecule has 0 unspecified atom stereocenters. The summed E-state index contributed by atoms with van der Waals surface area (Å²) >= 11 is 0. The lowest BCUT2D eigenvalue weighted by atomic mass is 10.3. The van der Waals surface area contributed by atoms with Crippen molar-refractivity contribution in [2.45, 2.75) is 26.5 Å². The minimum Gasteiger partial charge on any atom is -0.384 e. The maximum atomic E-state index is 5.71. The number of nitrogens with zero attached hydrogens (tertiary/aromatic N) is 3. The number of ether oxygens (including phenoxy) is 1. The molecule has 1 heterocycles. The molecule has 6 nitrogen and oxygen atoms in total. The summed E-state index contributed by atoms with van der Waals surface area (Å²) < 4.78 is 5.00. The largest absolute Gasteiger partial charge is 0.384 e. The van der Waals surface area contributed by atoms with Crippen LogP contribution in [-0.4, -0.2) is 48.2 Å². The van der Waals surface area contributed by atoms with E-state index in [1.165, 1.54) is 0 Å². The SMILES string of the molecule is COCc1nc(N)cc(NCCN(C)C(C)C)n1. The molecule has 0 bridgehead atoms. The van der Waals surface area contributed by atoms with Crippen molar-refractivity contribution in [3.05, 3.63) is 11.9 Å². The molecule has 0 amide bonds. The Hall–Kier alpha value is -1.40. The van der Waals surface area contributed by atoms with Crippen molar-refractivity contribution in [1.29, 1.82) is 0 Å². The van der Waals surface area contributed by atoms with Gasteiger partial charge in [-0.05, 0) is 20.9 Å². The number of methoxy groups -OCH3 is 1. The van der Waals surface area contributed by atoms with Gasteiger partial charge < -0.3 is 20.7 Å². The van der Waals surface area contributed by atoms with E-state index in [9.17, 15) is 0 Å². The normalized spacial score (nSPS) is 11.2. The fourth-order valence-corrected chi connectivity index (χ4v) is 1.42. The number of rotatable bonds is 7. The van der Waals surface area contributed by atoms with Crippen molar-refractivity contribution in [1.82, 2.24) is 14.9 Å². The number of nitrogens with two attached hydrogens (primary N) is 1. The third-order valence-electron chi connectivity index (χ3n) is 2.72. The average molecular weight is 253 g/mol. The summed E-state index contributed by atoms with van der Waals surface area (Å²) in [6, 6.07) is 2.26. The summed E-state index contributed by atoms with van der Waals surface area (Å²) in [7, 11) is 3.70. The second-order valence-electron chi connectivity index (χ2n) is 4.53. The molecule has 0 aliphatic heterocycles. The highest BCUT2D eigenvalue weighted by Gasteiger charge is 2.04. The van der Waals surface area contributed by atoms with Gasteiger partial charge in [-0.2, -0.15) is 0 Å². The number of aromatic nitrogens is 2. The van der Waals surface area contributed by atoms with Crippen LogP contribution in [0.3, 0.4) is 0 Å². The smallest absolute Gasteiger partial charge is 0.158 e. The summed E-state index contributed by atoms with van der Waals surface area (Å²) in [4.78, 5) is 10.7. The third-order valence-corrected chi connectivity index (χ3v) is 2.72. The number of hydrogen-bond acceptors (Lipinski definition) is 6. The molecule has 1 rings (SSSR count). The Balaban J connectivity index is 2.51. The maximum absolute atomic E-state index is 5.71. The number of hydrogen-bond donors (Lipinski definition) is 2. The minimum atomic E-state index is 0.367. The lowest BCUT2D eigenvalue weighted by molar-refractivity contribution is 0.178. The molecule has 0 aromatic carbocycles. The lowest BCUT2D eigenvalue weighted by Crippen LogP contribution is -2.31. The van der Waals surface area contributed by atoms with Gasteiger partial charge in [0, 0.05) is 32.3 Å². The molecule has 18 heavy (non-hydrogen) atoms. The monoisotopic (exact) mass is 253 g/mol. The van der Waals surface area contributed by atoms with E-state index in [0.29, 0.717) is 24.3 Å². The van der Waals surface area contributed by atoms with Crippen LogP contribution >= 0.6 is 0 Å². The van der Waals surface area contributed by atoms with E-state index in [1.807, 2.05) is 0 Å². The summed E-state index contributed by atoms with van der Waals surface area (Å²) in [6.45, 7) is 6.46. The van der Waals surface area contributed by atoms with Crippen LogP contribution in [0.15, 0.2) is 6.07 Å². The van der Waals surface area contributed by atoms with Gasteiger partial charge >= 0.3 is 0 Å². The number of anilines is 2. The molecule has 0 atom stereocenters. The molecule has 3 N–H and O–H groups in total. The zero-order valence-electron chi connectivity index (χ0n) is 11.6. The molecule has 0 spiro atoms. The summed E-state index contributed by atoms with van der Waals surface area (Å²) in [5.74, 6) is 1.79. The highest BCUT2D eigenvalue weighted by Crippen LogP contribution is 2.08. The Bertz CT molecular complexity index is 369. The van der Waals surface area contributed by atoms with Gasteiger partial charge in [-0.3, -0.25) is 0 Å². The van der Waals surface area contributed by atoms with Gasteiger partial charge in [0.2, 0.25) is 0 Å². The van der Waals surface area contributed by atoms with Gasteiger partial charge in [0.05, 0.1) is 0 Å². The molecule has 0 saturated heterocycles. The fraction of sp³-hybridized carbons (Fsp3) is 0.667. The van der Waals surface area contributed by atoms with Crippen LogP contribution in [0.25, 0.3) is 0 Å². The van der Waals surface area contributed by atoms with E-state index in [0.717, 1.165) is 18.9 Å². The van der Waals surface area contributed by atoms with Crippen molar-refractivity contribution >= 4 is 11.6 Å². The first-order valence-electron chi connectivity index (χ1n) is 6.09. The Morgan fingerprint density at radius 1 is 1.44 bits per heavy atom. The van der Waals surface area contributed by atoms with Crippen LogP contribution in [0.2, 0.25) is 0 Å². The summed E-state index contributed by atoms with van der Waals surface area (Å²) in [5.41, 5.74) is 5.71. The molecule has 0 radical (unpaired) electrons. The molecule has 0 aliphatic rings. The topological polar surface area (TPSA) is 76.3 Å². The number of nitrogen functional groups attached to an aromatic ring is 1. The van der Waals surface area contributed by atoms with Crippen LogP contribution in [0, 0.1) is 0 Å². The van der Waals surface area contributed by atoms with E-state index < -0.39 is 0 Å². The van der Waals surface area contributed by atoms with E-state index >= 15 is 0 Å². The molecule has 0 aliphatic carbocycles. The van der Waals surface area contributed by atoms with E-state index in [2.05, 4.69) is 41.1 Å². The Morgan fingerprint density at radius 2 is 2.17 bits per heavy atom.